The molecule has 0 aliphatic heterocycles. The molecule has 3 saturated carbocycles. The minimum Gasteiger partial charge on any atom is -0.458 e. The van der Waals surface area contributed by atoms with E-state index in [1.807, 2.05) is 30.3 Å². The molecule has 4 aliphatic carbocycles. The van der Waals surface area contributed by atoms with Gasteiger partial charge in [0.2, 0.25) is 0 Å². The van der Waals surface area contributed by atoms with E-state index in [9.17, 15) is 4.79 Å². The molecule has 3 fully saturated rings. The summed E-state index contributed by atoms with van der Waals surface area (Å²) in [4.78, 5) is 12.7. The SMILES string of the molecule is CC(C)CCCC(C)[C@H]1CC[C@H]2[C@@H]3CC=C4CC(OC(=O)c5ccccc5)CC[C@]4(C)[C@H]3CC[C@]12C. The van der Waals surface area contributed by atoms with Crippen LogP contribution in [0.25, 0.3) is 0 Å². The van der Waals surface area contributed by atoms with E-state index in [-0.39, 0.29) is 12.1 Å². The van der Waals surface area contributed by atoms with Crippen LogP contribution >= 0.6 is 0 Å². The van der Waals surface area contributed by atoms with Gasteiger partial charge in [-0.15, -0.1) is 0 Å². The predicted octanol–water partition coefficient (Wildman–Crippen LogP) is 9.25. The number of esters is 1. The van der Waals surface area contributed by atoms with Crippen molar-refractivity contribution in [2.75, 3.05) is 0 Å². The van der Waals surface area contributed by atoms with Crippen LogP contribution in [0.15, 0.2) is 42.0 Å². The number of ether oxygens (including phenoxy) is 1. The number of benzene rings is 1. The van der Waals surface area contributed by atoms with Gasteiger partial charge in [-0.3, -0.25) is 0 Å². The van der Waals surface area contributed by atoms with E-state index >= 15 is 0 Å². The summed E-state index contributed by atoms with van der Waals surface area (Å²) in [5, 5.41) is 0. The van der Waals surface area contributed by atoms with Crippen molar-refractivity contribution < 1.29 is 9.53 Å². The molecule has 198 valence electrons. The van der Waals surface area contributed by atoms with Gasteiger partial charge in [0.15, 0.2) is 0 Å². The maximum Gasteiger partial charge on any atom is 0.338 e. The zero-order chi connectivity index (χ0) is 25.5. The fraction of sp³-hybridized carbons (Fsp3) is 0.735. The van der Waals surface area contributed by atoms with Gasteiger partial charge in [0.1, 0.15) is 6.10 Å². The van der Waals surface area contributed by atoms with Crippen LogP contribution in [0, 0.1) is 46.3 Å². The molecule has 0 aromatic heterocycles. The molecule has 0 saturated heterocycles. The van der Waals surface area contributed by atoms with Crippen LogP contribution in [0.2, 0.25) is 0 Å². The number of allylic oxidation sites excluding steroid dienone is 1. The zero-order valence-corrected chi connectivity index (χ0v) is 23.6. The number of carbonyl (C=O) groups excluding carboxylic acids is 1. The molecule has 36 heavy (non-hydrogen) atoms. The van der Waals surface area contributed by atoms with Crippen LogP contribution in [0.1, 0.15) is 116 Å². The van der Waals surface area contributed by atoms with Crippen LogP contribution in [0.5, 0.6) is 0 Å². The first-order valence-electron chi connectivity index (χ1n) is 15.2. The minimum atomic E-state index is -0.161. The molecule has 1 aromatic rings. The largest absolute Gasteiger partial charge is 0.458 e. The zero-order valence-electron chi connectivity index (χ0n) is 23.6. The molecular formula is C34H50O2. The molecule has 5 rings (SSSR count). The van der Waals surface area contributed by atoms with E-state index < -0.39 is 0 Å². The predicted molar refractivity (Wildman–Crippen MR) is 149 cm³/mol. The van der Waals surface area contributed by atoms with Crippen molar-refractivity contribution in [3.8, 4) is 0 Å². The second kappa shape index (κ2) is 10.3. The van der Waals surface area contributed by atoms with Crippen molar-refractivity contribution in [1.82, 2.24) is 0 Å². The second-order valence-corrected chi connectivity index (χ2v) is 13.9. The first-order valence-corrected chi connectivity index (χ1v) is 15.2. The average Bonchev–Trinajstić information content (AvgIpc) is 3.22. The average molecular weight is 491 g/mol. The lowest BCUT2D eigenvalue weighted by Gasteiger charge is -2.58. The van der Waals surface area contributed by atoms with Crippen LogP contribution in [0.4, 0.5) is 0 Å². The molecule has 2 unspecified atom stereocenters. The normalized spacial score (nSPS) is 38.5. The van der Waals surface area contributed by atoms with Crippen LogP contribution in [0.3, 0.4) is 0 Å². The van der Waals surface area contributed by atoms with Crippen molar-refractivity contribution in [3.05, 3.63) is 47.5 Å². The summed E-state index contributed by atoms with van der Waals surface area (Å²) in [7, 11) is 0. The highest BCUT2D eigenvalue weighted by atomic mass is 16.5. The summed E-state index contributed by atoms with van der Waals surface area (Å²) in [6.07, 6.45) is 17.0. The molecule has 0 heterocycles. The lowest BCUT2D eigenvalue weighted by atomic mass is 9.47. The Morgan fingerprint density at radius 2 is 1.75 bits per heavy atom. The van der Waals surface area contributed by atoms with Crippen molar-refractivity contribution in [2.45, 2.75) is 111 Å². The molecule has 0 radical (unpaired) electrons. The molecule has 2 heteroatoms. The van der Waals surface area contributed by atoms with Gasteiger partial charge in [-0.05, 0) is 103 Å². The summed E-state index contributed by atoms with van der Waals surface area (Å²) in [5.74, 6) is 5.03. The minimum absolute atomic E-state index is 0.0324. The van der Waals surface area contributed by atoms with Crippen LogP contribution in [-0.2, 0) is 4.74 Å². The fourth-order valence-corrected chi connectivity index (χ4v) is 9.55. The number of carbonyl (C=O) groups is 1. The Morgan fingerprint density at radius 1 is 0.972 bits per heavy atom. The second-order valence-electron chi connectivity index (χ2n) is 13.9. The van der Waals surface area contributed by atoms with E-state index in [0.29, 0.717) is 16.4 Å². The Bertz CT molecular complexity index is 947. The first-order chi connectivity index (χ1) is 17.2. The van der Waals surface area contributed by atoms with E-state index in [1.165, 1.54) is 57.8 Å². The van der Waals surface area contributed by atoms with Gasteiger partial charge < -0.3 is 4.74 Å². The molecule has 4 aliphatic rings. The van der Waals surface area contributed by atoms with Crippen molar-refractivity contribution in [2.24, 2.45) is 46.3 Å². The molecule has 0 bridgehead atoms. The third-order valence-corrected chi connectivity index (χ3v) is 11.5. The third-order valence-electron chi connectivity index (χ3n) is 11.5. The molecular weight excluding hydrogens is 440 g/mol. The number of hydrogen-bond acceptors (Lipinski definition) is 2. The van der Waals surface area contributed by atoms with E-state index in [0.717, 1.165) is 48.3 Å². The Morgan fingerprint density at radius 3 is 2.50 bits per heavy atom. The summed E-state index contributed by atoms with van der Waals surface area (Å²) in [5.41, 5.74) is 3.12. The van der Waals surface area contributed by atoms with Crippen molar-refractivity contribution in [3.63, 3.8) is 0 Å². The molecule has 1 aromatic carbocycles. The van der Waals surface area contributed by atoms with E-state index in [2.05, 4.69) is 40.7 Å². The summed E-state index contributed by atoms with van der Waals surface area (Å²) < 4.78 is 6.00. The van der Waals surface area contributed by atoms with Gasteiger partial charge in [-0.2, -0.15) is 0 Å². The smallest absolute Gasteiger partial charge is 0.338 e. The van der Waals surface area contributed by atoms with Crippen LogP contribution in [-0.4, -0.2) is 12.1 Å². The van der Waals surface area contributed by atoms with E-state index in [4.69, 9.17) is 4.74 Å². The van der Waals surface area contributed by atoms with Crippen molar-refractivity contribution >= 4 is 5.97 Å². The Hall–Kier alpha value is -1.57. The van der Waals surface area contributed by atoms with Crippen LogP contribution < -0.4 is 0 Å². The van der Waals surface area contributed by atoms with E-state index in [1.54, 1.807) is 5.57 Å². The molecule has 0 amide bonds. The first kappa shape index (κ1) is 26.1. The third kappa shape index (κ3) is 4.71. The Balaban J connectivity index is 1.25. The lowest BCUT2D eigenvalue weighted by Crippen LogP contribution is -2.51. The maximum atomic E-state index is 12.7. The summed E-state index contributed by atoms with van der Waals surface area (Å²) in [6, 6.07) is 9.49. The van der Waals surface area contributed by atoms with Gasteiger partial charge in [0.25, 0.3) is 0 Å². The van der Waals surface area contributed by atoms with Gasteiger partial charge >= 0.3 is 5.97 Å². The fourth-order valence-electron chi connectivity index (χ4n) is 9.55. The number of rotatable bonds is 7. The molecule has 0 spiro atoms. The lowest BCUT2D eigenvalue weighted by molar-refractivity contribution is -0.0594. The maximum absolute atomic E-state index is 12.7. The summed E-state index contributed by atoms with van der Waals surface area (Å²) >= 11 is 0. The molecule has 2 nitrogen and oxygen atoms in total. The van der Waals surface area contributed by atoms with Gasteiger partial charge in [-0.1, -0.05) is 83.7 Å². The number of hydrogen-bond donors (Lipinski definition) is 0. The summed E-state index contributed by atoms with van der Waals surface area (Å²) in [6.45, 7) is 12.6. The highest BCUT2D eigenvalue weighted by Gasteiger charge is 2.59. The highest BCUT2D eigenvalue weighted by Crippen LogP contribution is 2.67. The van der Waals surface area contributed by atoms with Gasteiger partial charge in [0.05, 0.1) is 5.56 Å². The topological polar surface area (TPSA) is 26.3 Å². The standard InChI is InChI=1S/C34H50O2/c1-23(2)10-9-11-24(3)29-16-17-30-28-15-14-26-22-27(36-32(35)25-12-7-6-8-13-25)18-20-33(26,4)31(28)19-21-34(29,30)5/h6-8,12-14,23-24,27-31H,9-11,15-22H2,1-5H3/t24?,27?,28-,29+,30-,31-,33-,34+/m0/s1. The quantitative estimate of drug-likeness (QED) is 0.281. The van der Waals surface area contributed by atoms with Crippen molar-refractivity contribution in [1.29, 1.82) is 0 Å². The Kier molecular flexibility index (Phi) is 7.45. The number of fused-ring (bicyclic) bond motifs is 5. The Labute approximate surface area is 220 Å². The highest BCUT2D eigenvalue weighted by molar-refractivity contribution is 5.89. The monoisotopic (exact) mass is 490 g/mol. The van der Waals surface area contributed by atoms with Gasteiger partial charge in [-0.25, -0.2) is 4.79 Å². The molecule has 0 N–H and O–H groups in total. The van der Waals surface area contributed by atoms with Gasteiger partial charge in [0, 0.05) is 6.42 Å². The molecule has 8 atom stereocenters.